The molecule has 9 heteroatoms. The van der Waals surface area contributed by atoms with Gasteiger partial charge in [-0.1, -0.05) is 0 Å². The highest BCUT2D eigenvalue weighted by atomic mass is 32.1. The highest BCUT2D eigenvalue weighted by Gasteiger charge is 2.39. The van der Waals surface area contributed by atoms with Gasteiger partial charge in [0.05, 0.1) is 11.9 Å². The third-order valence-electron chi connectivity index (χ3n) is 2.04. The molecule has 0 radical (unpaired) electrons. The molecule has 0 fully saturated rings. The Hall–Kier alpha value is -2.03. The zero-order valence-corrected chi connectivity index (χ0v) is 9.72. The summed E-state index contributed by atoms with van der Waals surface area (Å²) in [5.41, 5.74) is -1.50. The minimum atomic E-state index is -4.87. The van der Waals surface area contributed by atoms with Crippen molar-refractivity contribution in [1.29, 1.82) is 0 Å². The number of thiazole rings is 1. The highest BCUT2D eigenvalue weighted by molar-refractivity contribution is 7.17. The molecule has 2 rings (SSSR count). The van der Waals surface area contributed by atoms with Crippen LogP contribution < -0.4 is 0 Å². The topological polar surface area (TPSA) is 63.1 Å². The molecular formula is C10H4F4N2O2S. The molecule has 0 spiro atoms. The summed E-state index contributed by atoms with van der Waals surface area (Å²) in [4.78, 5) is 16.6. The molecule has 2 aromatic rings. The number of halogens is 4. The van der Waals surface area contributed by atoms with Crippen LogP contribution in [0.5, 0.6) is 0 Å². The average Bonchev–Trinajstić information content (AvgIpc) is 2.74. The van der Waals surface area contributed by atoms with Gasteiger partial charge in [0.25, 0.3) is 0 Å². The van der Waals surface area contributed by atoms with E-state index >= 15 is 0 Å². The lowest BCUT2D eigenvalue weighted by molar-refractivity contribution is -0.141. The Kier molecular flexibility index (Phi) is 3.23. The van der Waals surface area contributed by atoms with E-state index in [4.69, 9.17) is 5.11 Å². The van der Waals surface area contributed by atoms with E-state index < -0.39 is 28.5 Å². The second-order valence-corrected chi connectivity index (χ2v) is 4.36. The number of aromatic nitrogens is 2. The molecule has 2 aromatic heterocycles. The third-order valence-corrected chi connectivity index (χ3v) is 3.10. The van der Waals surface area contributed by atoms with Crippen LogP contribution in [0.15, 0.2) is 18.3 Å². The maximum Gasteiger partial charge on any atom is 0.435 e. The molecule has 0 aliphatic rings. The molecule has 100 valence electrons. The monoisotopic (exact) mass is 292 g/mol. The lowest BCUT2D eigenvalue weighted by Gasteiger charge is -2.02. The Balaban J connectivity index is 2.55. The largest absolute Gasteiger partial charge is 0.477 e. The molecule has 0 unspecified atom stereocenters. The summed E-state index contributed by atoms with van der Waals surface area (Å²) in [7, 11) is 0. The molecule has 0 saturated heterocycles. The Morgan fingerprint density at radius 3 is 2.42 bits per heavy atom. The van der Waals surface area contributed by atoms with Gasteiger partial charge >= 0.3 is 12.1 Å². The van der Waals surface area contributed by atoms with Crippen LogP contribution in [-0.4, -0.2) is 21.0 Å². The van der Waals surface area contributed by atoms with E-state index in [0.717, 1.165) is 18.3 Å². The fourth-order valence-corrected chi connectivity index (χ4v) is 2.17. The van der Waals surface area contributed by atoms with Crippen molar-refractivity contribution in [2.75, 3.05) is 0 Å². The fourth-order valence-electron chi connectivity index (χ4n) is 1.27. The quantitative estimate of drug-likeness (QED) is 0.864. The van der Waals surface area contributed by atoms with Gasteiger partial charge in [0.1, 0.15) is 15.7 Å². The zero-order chi connectivity index (χ0) is 14.2. The summed E-state index contributed by atoms with van der Waals surface area (Å²) >= 11 is 0.338. The van der Waals surface area contributed by atoms with Crippen LogP contribution >= 0.6 is 11.3 Å². The van der Waals surface area contributed by atoms with Crippen LogP contribution in [0.2, 0.25) is 0 Å². The van der Waals surface area contributed by atoms with Gasteiger partial charge < -0.3 is 5.11 Å². The predicted octanol–water partition coefficient (Wildman–Crippen LogP) is 3.06. The Morgan fingerprint density at radius 1 is 1.32 bits per heavy atom. The molecule has 0 atom stereocenters. The molecule has 0 aromatic carbocycles. The predicted molar refractivity (Wildman–Crippen MR) is 57.3 cm³/mol. The van der Waals surface area contributed by atoms with E-state index in [1.54, 1.807) is 0 Å². The maximum atomic E-state index is 12.7. The van der Waals surface area contributed by atoms with Crippen molar-refractivity contribution in [3.05, 3.63) is 34.7 Å². The molecule has 4 nitrogen and oxygen atoms in total. The molecule has 0 saturated carbocycles. The standard InChI is InChI=1S/C10H4F4N2O2S/c11-4-1-2-5(15-3-4)8-16-7(10(12,13)14)6(19-8)9(17)18/h1-3H,(H,17,18). The van der Waals surface area contributed by atoms with E-state index in [0.29, 0.717) is 11.3 Å². The Morgan fingerprint density at radius 2 is 2.00 bits per heavy atom. The van der Waals surface area contributed by atoms with Crippen molar-refractivity contribution in [3.8, 4) is 10.7 Å². The van der Waals surface area contributed by atoms with Gasteiger partial charge in [-0.3, -0.25) is 4.98 Å². The first-order valence-corrected chi connectivity index (χ1v) is 5.54. The van der Waals surface area contributed by atoms with E-state index in [-0.39, 0.29) is 10.7 Å². The number of carboxylic acid groups (broad SMARTS) is 1. The van der Waals surface area contributed by atoms with Gasteiger partial charge in [0.2, 0.25) is 0 Å². The van der Waals surface area contributed by atoms with Crippen LogP contribution in [0.1, 0.15) is 15.4 Å². The highest BCUT2D eigenvalue weighted by Crippen LogP contribution is 2.37. The number of carboxylic acids is 1. The fraction of sp³-hybridized carbons (Fsp3) is 0.100. The first-order valence-electron chi connectivity index (χ1n) is 4.72. The summed E-state index contributed by atoms with van der Waals surface area (Å²) in [6.45, 7) is 0. The number of alkyl halides is 3. The minimum Gasteiger partial charge on any atom is -0.477 e. The number of nitrogens with zero attached hydrogens (tertiary/aromatic N) is 2. The van der Waals surface area contributed by atoms with E-state index in [1.807, 2.05) is 0 Å². The van der Waals surface area contributed by atoms with Crippen LogP contribution in [0.3, 0.4) is 0 Å². The van der Waals surface area contributed by atoms with Crippen molar-refractivity contribution in [2.24, 2.45) is 0 Å². The molecule has 19 heavy (non-hydrogen) atoms. The number of hydrogen-bond acceptors (Lipinski definition) is 4. The molecular weight excluding hydrogens is 288 g/mol. The molecule has 0 bridgehead atoms. The van der Waals surface area contributed by atoms with Gasteiger partial charge in [-0.15, -0.1) is 11.3 Å². The van der Waals surface area contributed by atoms with Crippen LogP contribution in [-0.2, 0) is 6.18 Å². The third kappa shape index (κ3) is 2.70. The normalized spacial score (nSPS) is 11.6. The number of carbonyl (C=O) groups is 1. The van der Waals surface area contributed by atoms with Crippen LogP contribution in [0.4, 0.5) is 17.6 Å². The van der Waals surface area contributed by atoms with E-state index in [9.17, 15) is 22.4 Å². The second-order valence-electron chi connectivity index (χ2n) is 3.36. The summed E-state index contributed by atoms with van der Waals surface area (Å²) in [6.07, 6.45) is -4.06. The van der Waals surface area contributed by atoms with Gasteiger partial charge in [0.15, 0.2) is 5.69 Å². The SMILES string of the molecule is O=C(O)c1sc(-c2ccc(F)cn2)nc1C(F)(F)F. The smallest absolute Gasteiger partial charge is 0.435 e. The molecule has 1 N–H and O–H groups in total. The average molecular weight is 292 g/mol. The van der Waals surface area contributed by atoms with Crippen molar-refractivity contribution < 1.29 is 27.5 Å². The van der Waals surface area contributed by atoms with Gasteiger partial charge in [-0.05, 0) is 12.1 Å². The lowest BCUT2D eigenvalue weighted by Crippen LogP contribution is -2.11. The summed E-state index contributed by atoms with van der Waals surface area (Å²) in [5.74, 6) is -2.38. The maximum absolute atomic E-state index is 12.7. The minimum absolute atomic E-state index is 0.0237. The lowest BCUT2D eigenvalue weighted by atomic mass is 10.3. The Labute approximate surface area is 107 Å². The second kappa shape index (κ2) is 4.57. The zero-order valence-electron chi connectivity index (χ0n) is 8.90. The first kappa shape index (κ1) is 13.4. The molecule has 0 aliphatic heterocycles. The number of aromatic carboxylic acids is 1. The number of pyridine rings is 1. The first-order chi connectivity index (χ1) is 8.79. The van der Waals surface area contributed by atoms with Crippen LogP contribution in [0.25, 0.3) is 10.7 Å². The van der Waals surface area contributed by atoms with Gasteiger partial charge in [0, 0.05) is 0 Å². The van der Waals surface area contributed by atoms with E-state index in [1.165, 1.54) is 0 Å². The van der Waals surface area contributed by atoms with E-state index in [2.05, 4.69) is 9.97 Å². The van der Waals surface area contributed by atoms with Crippen molar-refractivity contribution in [2.45, 2.75) is 6.18 Å². The summed E-state index contributed by atoms with van der Waals surface area (Å²) in [5, 5.41) is 8.49. The van der Waals surface area contributed by atoms with Crippen molar-refractivity contribution in [3.63, 3.8) is 0 Å². The molecule has 2 heterocycles. The van der Waals surface area contributed by atoms with Crippen LogP contribution in [0, 0.1) is 5.82 Å². The van der Waals surface area contributed by atoms with Gasteiger partial charge in [-0.25, -0.2) is 14.2 Å². The molecule has 0 aliphatic carbocycles. The van der Waals surface area contributed by atoms with Crippen molar-refractivity contribution >= 4 is 17.3 Å². The summed E-state index contributed by atoms with van der Waals surface area (Å²) in [6, 6.07) is 2.12. The Bertz CT molecular complexity index is 621. The summed E-state index contributed by atoms with van der Waals surface area (Å²) < 4.78 is 50.5. The number of rotatable bonds is 2. The van der Waals surface area contributed by atoms with Gasteiger partial charge in [-0.2, -0.15) is 13.2 Å². The van der Waals surface area contributed by atoms with Crippen molar-refractivity contribution in [1.82, 2.24) is 9.97 Å². The molecule has 0 amide bonds. The number of hydrogen-bond donors (Lipinski definition) is 1.